The number of rotatable bonds is 7. The number of hydrogen-bond acceptors (Lipinski definition) is 9. The highest BCUT2D eigenvalue weighted by Gasteiger charge is 2.42. The minimum absolute atomic E-state index is 0.00675. The van der Waals surface area contributed by atoms with Gasteiger partial charge >= 0.3 is 18.2 Å². The van der Waals surface area contributed by atoms with Gasteiger partial charge in [-0.25, -0.2) is 20.0 Å². The smallest absolute Gasteiger partial charge is 0.464 e. The number of halogens is 3. The molecule has 1 saturated carbocycles. The van der Waals surface area contributed by atoms with Crippen molar-refractivity contribution in [1.82, 2.24) is 29.8 Å². The van der Waals surface area contributed by atoms with Gasteiger partial charge in [-0.2, -0.15) is 28.4 Å². The first-order valence-corrected chi connectivity index (χ1v) is 12.0. The number of carbonyl (C=O) groups excluding carboxylic acids is 1. The Hall–Kier alpha value is -3.67. The molecule has 38 heavy (non-hydrogen) atoms. The van der Waals surface area contributed by atoms with E-state index in [0.29, 0.717) is 36.0 Å². The molecule has 12 nitrogen and oxygen atoms in total. The van der Waals surface area contributed by atoms with Crippen molar-refractivity contribution in [2.75, 3.05) is 32.2 Å². The summed E-state index contributed by atoms with van der Waals surface area (Å²) in [5, 5.41) is 20.1. The molecule has 0 spiro atoms. The second kappa shape index (κ2) is 12.7. The number of carbonyl (C=O) groups is 2. The maximum absolute atomic E-state index is 11.5. The largest absolute Gasteiger partial charge is 0.490 e. The van der Waals surface area contributed by atoms with Crippen LogP contribution in [0.25, 0.3) is 11.2 Å². The third kappa shape index (κ3) is 9.33. The lowest BCUT2D eigenvalue weighted by molar-refractivity contribution is -0.210. The number of nitrogens with one attached hydrogen (secondary N) is 1. The van der Waals surface area contributed by atoms with E-state index in [1.165, 1.54) is 25.8 Å². The molecule has 1 aliphatic carbocycles. The third-order valence-electron chi connectivity index (χ3n) is 5.37. The molecule has 1 fully saturated rings. The molecule has 0 saturated heterocycles. The molecule has 0 unspecified atom stereocenters. The number of anilines is 1. The number of nitriles is 1. The summed E-state index contributed by atoms with van der Waals surface area (Å²) >= 11 is 0. The SMILES string of the molecule is CC(C)(C)OC(=O)C(F)(F)F.CN(C)CCn1cnc2c(N(CC3CCCC3)NC(=O)O)nc(C#N)nc21. The van der Waals surface area contributed by atoms with Crippen LogP contribution in [0.5, 0.6) is 0 Å². The summed E-state index contributed by atoms with van der Waals surface area (Å²) in [7, 11) is 3.95. The molecule has 2 heterocycles. The maximum Gasteiger partial charge on any atom is 0.490 e. The number of esters is 1. The van der Waals surface area contributed by atoms with Gasteiger partial charge in [0, 0.05) is 19.6 Å². The second-order valence-corrected chi connectivity index (χ2v) is 10.1. The number of hydrazine groups is 1. The minimum atomic E-state index is -4.90. The number of hydrogen-bond donors (Lipinski definition) is 2. The van der Waals surface area contributed by atoms with Crippen molar-refractivity contribution >= 4 is 29.0 Å². The first-order chi connectivity index (χ1) is 17.6. The number of likely N-dealkylation sites (N-methyl/N-ethyl adjacent to an activating group) is 1. The lowest BCUT2D eigenvalue weighted by Gasteiger charge is -2.25. The van der Waals surface area contributed by atoms with Gasteiger partial charge in [-0.15, -0.1) is 0 Å². The third-order valence-corrected chi connectivity index (χ3v) is 5.37. The Kier molecular flexibility index (Phi) is 10.2. The van der Waals surface area contributed by atoms with E-state index in [9.17, 15) is 33.1 Å². The molecular formula is C23H33F3N8O4. The Labute approximate surface area is 218 Å². The highest BCUT2D eigenvalue weighted by Crippen LogP contribution is 2.28. The van der Waals surface area contributed by atoms with Crippen LogP contribution in [-0.4, -0.2) is 80.6 Å². The van der Waals surface area contributed by atoms with Gasteiger partial charge in [0.05, 0.1) is 6.33 Å². The van der Waals surface area contributed by atoms with E-state index in [4.69, 9.17) is 0 Å². The van der Waals surface area contributed by atoms with Crippen LogP contribution in [-0.2, 0) is 16.1 Å². The zero-order chi connectivity index (χ0) is 28.7. The van der Waals surface area contributed by atoms with Crippen molar-refractivity contribution in [3.8, 4) is 6.07 Å². The Morgan fingerprint density at radius 3 is 2.34 bits per heavy atom. The summed E-state index contributed by atoms with van der Waals surface area (Å²) in [5.41, 5.74) is 2.34. The van der Waals surface area contributed by atoms with E-state index >= 15 is 0 Å². The van der Waals surface area contributed by atoms with Crippen LogP contribution in [0.15, 0.2) is 6.33 Å². The monoisotopic (exact) mass is 542 g/mol. The molecule has 0 aromatic carbocycles. The van der Waals surface area contributed by atoms with E-state index < -0.39 is 23.8 Å². The topological polar surface area (TPSA) is 150 Å². The maximum atomic E-state index is 11.5. The Morgan fingerprint density at radius 2 is 1.87 bits per heavy atom. The highest BCUT2D eigenvalue weighted by atomic mass is 19.4. The van der Waals surface area contributed by atoms with Gasteiger partial charge in [0.15, 0.2) is 17.0 Å². The number of carboxylic acid groups (broad SMARTS) is 1. The van der Waals surface area contributed by atoms with Crippen molar-refractivity contribution in [3.63, 3.8) is 0 Å². The molecule has 0 aliphatic heterocycles. The predicted octanol–water partition coefficient (Wildman–Crippen LogP) is 3.33. The molecule has 1 amide bonds. The van der Waals surface area contributed by atoms with Gasteiger partial charge in [-0.3, -0.25) is 5.01 Å². The molecule has 1 aliphatic rings. The zero-order valence-corrected chi connectivity index (χ0v) is 22.0. The second-order valence-electron chi connectivity index (χ2n) is 10.1. The van der Waals surface area contributed by atoms with Crippen LogP contribution in [0.1, 0.15) is 52.3 Å². The van der Waals surface area contributed by atoms with Crippen molar-refractivity contribution < 1.29 is 32.6 Å². The molecule has 0 bridgehead atoms. The molecule has 2 N–H and O–H groups in total. The van der Waals surface area contributed by atoms with Gasteiger partial charge in [0.25, 0.3) is 0 Å². The average molecular weight is 543 g/mol. The number of nitrogens with zero attached hydrogens (tertiary/aromatic N) is 7. The number of fused-ring (bicyclic) bond motifs is 1. The summed E-state index contributed by atoms with van der Waals surface area (Å²) in [5.74, 6) is -1.45. The molecule has 2 aromatic rings. The molecule has 2 aromatic heterocycles. The number of alkyl halides is 3. The fraction of sp³-hybridized carbons (Fsp3) is 0.652. The number of imidazole rings is 1. The normalized spacial score (nSPS) is 14.1. The van der Waals surface area contributed by atoms with Crippen LogP contribution in [0.4, 0.5) is 23.8 Å². The van der Waals surface area contributed by atoms with Crippen LogP contribution in [0.2, 0.25) is 0 Å². The number of amides is 1. The lowest BCUT2D eigenvalue weighted by Crippen LogP contribution is -2.45. The Balaban J connectivity index is 0.000000391. The highest BCUT2D eigenvalue weighted by molar-refractivity contribution is 5.85. The van der Waals surface area contributed by atoms with Gasteiger partial charge in [-0.1, -0.05) is 12.8 Å². The standard InChI is InChI=1S/C17H24N8O2.C6H9F3O2/c1-23(2)7-8-24-11-19-14-15(24)20-13(9-18)21-16(14)25(22-17(26)27)10-12-5-3-4-6-12;1-5(2,3)11-4(10)6(7,8)9/h11-12,22H,3-8,10H2,1-2H3,(H,26,27);1-3H3. The van der Waals surface area contributed by atoms with Crippen molar-refractivity contribution in [3.05, 3.63) is 12.2 Å². The summed E-state index contributed by atoms with van der Waals surface area (Å²) in [6, 6.07) is 1.97. The van der Waals surface area contributed by atoms with Crippen LogP contribution in [0.3, 0.4) is 0 Å². The Morgan fingerprint density at radius 1 is 1.24 bits per heavy atom. The lowest BCUT2D eigenvalue weighted by atomic mass is 10.1. The van der Waals surface area contributed by atoms with E-state index in [1.54, 1.807) is 6.33 Å². The van der Waals surface area contributed by atoms with Gasteiger partial charge in [-0.05, 0) is 53.6 Å². The summed E-state index contributed by atoms with van der Waals surface area (Å²) in [6.45, 7) is 6.05. The molecular weight excluding hydrogens is 509 g/mol. The fourth-order valence-electron chi connectivity index (χ4n) is 3.73. The molecule has 15 heteroatoms. The van der Waals surface area contributed by atoms with Crippen LogP contribution in [0, 0.1) is 17.2 Å². The first-order valence-electron chi connectivity index (χ1n) is 12.0. The molecule has 210 valence electrons. The average Bonchev–Trinajstić information content (AvgIpc) is 3.44. The van der Waals surface area contributed by atoms with Crippen molar-refractivity contribution in [1.29, 1.82) is 5.26 Å². The number of ether oxygens (including phenoxy) is 1. The molecule has 0 atom stereocenters. The van der Waals surface area contributed by atoms with Crippen LogP contribution >= 0.6 is 0 Å². The van der Waals surface area contributed by atoms with Gasteiger partial charge < -0.3 is 19.3 Å². The van der Waals surface area contributed by atoms with E-state index in [0.717, 1.165) is 32.2 Å². The van der Waals surface area contributed by atoms with Crippen molar-refractivity contribution in [2.24, 2.45) is 5.92 Å². The van der Waals surface area contributed by atoms with Gasteiger partial charge in [0.2, 0.25) is 5.82 Å². The summed E-state index contributed by atoms with van der Waals surface area (Å²) in [6.07, 6.45) is -0.0240. The first kappa shape index (κ1) is 30.6. The number of aromatic nitrogens is 4. The fourth-order valence-corrected chi connectivity index (χ4v) is 3.73. The van der Waals surface area contributed by atoms with Crippen molar-refractivity contribution in [2.45, 2.75) is 64.8 Å². The van der Waals surface area contributed by atoms with E-state index in [1.807, 2.05) is 29.6 Å². The summed E-state index contributed by atoms with van der Waals surface area (Å²) in [4.78, 5) is 36.5. The zero-order valence-electron chi connectivity index (χ0n) is 22.0. The quantitative estimate of drug-likeness (QED) is 0.394. The minimum Gasteiger partial charge on any atom is -0.464 e. The molecule has 3 rings (SSSR count). The summed E-state index contributed by atoms with van der Waals surface area (Å²) < 4.78 is 40.4. The van der Waals surface area contributed by atoms with E-state index in [2.05, 4.69) is 25.1 Å². The van der Waals surface area contributed by atoms with E-state index in [-0.39, 0.29) is 5.82 Å². The molecule has 0 radical (unpaired) electrons. The van der Waals surface area contributed by atoms with Crippen LogP contribution < -0.4 is 10.4 Å². The Bertz CT molecular complexity index is 1150. The predicted molar refractivity (Wildman–Crippen MR) is 131 cm³/mol. The van der Waals surface area contributed by atoms with Gasteiger partial charge in [0.1, 0.15) is 11.7 Å².